The Morgan fingerprint density at radius 2 is 1.67 bits per heavy atom. The molecule has 0 radical (unpaired) electrons. The van der Waals surface area contributed by atoms with Crippen molar-refractivity contribution in [2.24, 2.45) is 17.1 Å². The molecule has 1 unspecified atom stereocenters. The maximum Gasteiger partial charge on any atom is 0.255 e. The number of hydrogen-bond donors (Lipinski definition) is 3. The number of sulfonamides is 1. The fourth-order valence-corrected chi connectivity index (χ4v) is 6.18. The summed E-state index contributed by atoms with van der Waals surface area (Å²) in [7, 11) is -4.10. The Kier molecular flexibility index (Phi) is 11.0. The summed E-state index contributed by atoms with van der Waals surface area (Å²) in [6.45, 7) is 10.7. The molecule has 4 N–H and O–H groups in total. The van der Waals surface area contributed by atoms with E-state index in [1.54, 1.807) is 0 Å². The number of carbonyl (C=O) groups is 2. The van der Waals surface area contributed by atoms with Crippen LogP contribution in [-0.4, -0.2) is 72.7 Å². The Morgan fingerprint density at radius 1 is 1.02 bits per heavy atom. The van der Waals surface area contributed by atoms with Crippen molar-refractivity contribution in [3.8, 4) is 11.5 Å². The molecule has 1 aliphatic heterocycles. The number of nitrogens with one attached hydrogen (secondary N) is 1. The van der Waals surface area contributed by atoms with Gasteiger partial charge in [-0.3, -0.25) is 15.0 Å². The van der Waals surface area contributed by atoms with Gasteiger partial charge < -0.3 is 20.3 Å². The summed E-state index contributed by atoms with van der Waals surface area (Å²) in [4.78, 5) is 26.4. The van der Waals surface area contributed by atoms with Gasteiger partial charge in [0.2, 0.25) is 22.7 Å². The molecule has 3 atom stereocenters. The van der Waals surface area contributed by atoms with Crippen molar-refractivity contribution in [3.63, 3.8) is 0 Å². The van der Waals surface area contributed by atoms with E-state index in [2.05, 4.69) is 5.43 Å². The van der Waals surface area contributed by atoms with Gasteiger partial charge in [0.25, 0.3) is 5.91 Å². The number of benzene rings is 2. The molecule has 3 rings (SSSR count). The van der Waals surface area contributed by atoms with Crippen LogP contribution in [0.5, 0.6) is 11.5 Å². The van der Waals surface area contributed by atoms with Crippen LogP contribution in [-0.2, 0) is 26.0 Å². The van der Waals surface area contributed by atoms with E-state index < -0.39 is 45.4 Å². The van der Waals surface area contributed by atoms with Crippen molar-refractivity contribution in [1.29, 1.82) is 0 Å². The largest absolute Gasteiger partial charge is 0.454 e. The number of nitrogens with zero attached hydrogens (tertiary/aromatic N) is 2. The zero-order chi connectivity index (χ0) is 31.2. The molecule has 0 bridgehead atoms. The molecular formula is C30H44N4O7S. The lowest BCUT2D eigenvalue weighted by Crippen LogP contribution is -2.61. The van der Waals surface area contributed by atoms with E-state index in [1.165, 1.54) is 29.4 Å². The highest BCUT2D eigenvalue weighted by molar-refractivity contribution is 7.89. The highest BCUT2D eigenvalue weighted by Crippen LogP contribution is 2.35. The van der Waals surface area contributed by atoms with Crippen LogP contribution in [0.3, 0.4) is 0 Å². The average Bonchev–Trinajstić information content (AvgIpc) is 3.37. The van der Waals surface area contributed by atoms with Crippen molar-refractivity contribution in [2.45, 2.75) is 77.5 Å². The van der Waals surface area contributed by atoms with Gasteiger partial charge in [-0.2, -0.15) is 4.31 Å². The lowest BCUT2D eigenvalue weighted by Gasteiger charge is -2.38. The number of rotatable bonds is 12. The van der Waals surface area contributed by atoms with Crippen LogP contribution < -0.4 is 20.6 Å². The molecule has 1 aliphatic rings. The molecule has 1 heterocycles. The van der Waals surface area contributed by atoms with Crippen LogP contribution in [0.2, 0.25) is 0 Å². The highest BCUT2D eigenvalue weighted by atomic mass is 32.2. The first-order valence-corrected chi connectivity index (χ1v) is 15.5. The van der Waals surface area contributed by atoms with E-state index in [9.17, 15) is 23.1 Å². The second kappa shape index (κ2) is 13.9. The van der Waals surface area contributed by atoms with Gasteiger partial charge in [0.05, 0.1) is 23.1 Å². The second-order valence-corrected chi connectivity index (χ2v) is 14.3. The standard InChI is InChI=1S/C30H44N4O7S/c1-20(2)17-33(42(38,39)23-12-13-26-27(15-23)41-19-40-26)18-25(35)24(14-22-10-8-7-9-11-22)34(32-29(37)21(3)31)28(36)16-30(4,5)6/h7-13,15,20-21,24-25,35H,14,16-19,31H2,1-6H3,(H,32,37)/t21-,24?,25+/m0/s1. The summed E-state index contributed by atoms with van der Waals surface area (Å²) < 4.78 is 39.7. The van der Waals surface area contributed by atoms with E-state index in [0.29, 0.717) is 11.5 Å². The van der Waals surface area contributed by atoms with Crippen molar-refractivity contribution in [1.82, 2.24) is 14.7 Å². The van der Waals surface area contributed by atoms with Crippen LogP contribution in [0.15, 0.2) is 53.4 Å². The van der Waals surface area contributed by atoms with Crippen LogP contribution in [0.4, 0.5) is 0 Å². The molecule has 0 spiro atoms. The molecule has 0 aromatic heterocycles. The normalized spacial score (nSPS) is 15.4. The Hall–Kier alpha value is -3.19. The number of hydrogen-bond acceptors (Lipinski definition) is 8. The van der Waals surface area contributed by atoms with Gasteiger partial charge in [0.1, 0.15) is 0 Å². The van der Waals surface area contributed by atoms with E-state index >= 15 is 0 Å². The molecule has 2 aromatic rings. The quantitative estimate of drug-likeness (QED) is 0.313. The van der Waals surface area contributed by atoms with Gasteiger partial charge in [-0.15, -0.1) is 0 Å². The van der Waals surface area contributed by atoms with Gasteiger partial charge in [-0.1, -0.05) is 65.0 Å². The van der Waals surface area contributed by atoms with E-state index in [1.807, 2.05) is 65.0 Å². The number of amides is 2. The minimum atomic E-state index is -4.10. The fourth-order valence-electron chi connectivity index (χ4n) is 4.54. The SMILES string of the molecule is CC(C)CN(C[C@@H](O)C(Cc1ccccc1)N(NC(=O)[C@H](C)N)C(=O)CC(C)(C)C)S(=O)(=O)c1ccc2c(c1)OCO2. The van der Waals surface area contributed by atoms with E-state index in [0.717, 1.165) is 10.6 Å². The van der Waals surface area contributed by atoms with Crippen LogP contribution in [0.25, 0.3) is 0 Å². The molecule has 0 saturated carbocycles. The Labute approximate surface area is 249 Å². The van der Waals surface area contributed by atoms with Crippen molar-refractivity contribution >= 4 is 21.8 Å². The smallest absolute Gasteiger partial charge is 0.255 e. The number of aliphatic hydroxyl groups excluding tert-OH is 1. The van der Waals surface area contributed by atoms with Crippen molar-refractivity contribution < 1.29 is 32.6 Å². The number of nitrogens with two attached hydrogens (primary N) is 1. The van der Waals surface area contributed by atoms with Gasteiger partial charge in [-0.25, -0.2) is 13.4 Å². The third kappa shape index (κ3) is 8.90. The molecule has 232 valence electrons. The summed E-state index contributed by atoms with van der Waals surface area (Å²) in [6, 6.07) is 11.6. The monoisotopic (exact) mass is 604 g/mol. The van der Waals surface area contributed by atoms with E-state index in [4.69, 9.17) is 15.2 Å². The highest BCUT2D eigenvalue weighted by Gasteiger charge is 2.37. The topological polar surface area (TPSA) is 151 Å². The third-order valence-electron chi connectivity index (χ3n) is 6.60. The van der Waals surface area contributed by atoms with Crippen LogP contribution in [0, 0.1) is 11.3 Å². The number of hydrazine groups is 1. The average molecular weight is 605 g/mol. The second-order valence-electron chi connectivity index (χ2n) is 12.3. The van der Waals surface area contributed by atoms with Gasteiger partial charge in [-0.05, 0) is 42.4 Å². The first kappa shape index (κ1) is 33.3. The summed E-state index contributed by atoms with van der Waals surface area (Å²) in [5, 5.41) is 12.9. The zero-order valence-corrected chi connectivity index (χ0v) is 26.1. The summed E-state index contributed by atoms with van der Waals surface area (Å²) in [6.07, 6.45) is -1.17. The molecule has 0 saturated heterocycles. The minimum absolute atomic E-state index is 0.0000108. The molecule has 42 heavy (non-hydrogen) atoms. The molecule has 0 aliphatic carbocycles. The third-order valence-corrected chi connectivity index (χ3v) is 8.43. The number of fused-ring (bicyclic) bond motifs is 1. The Bertz CT molecular complexity index is 1330. The van der Waals surface area contributed by atoms with Crippen molar-refractivity contribution in [2.75, 3.05) is 19.9 Å². The first-order chi connectivity index (χ1) is 19.6. The van der Waals surface area contributed by atoms with Crippen molar-refractivity contribution in [3.05, 3.63) is 54.1 Å². The molecule has 0 fully saturated rings. The van der Waals surface area contributed by atoms with E-state index in [-0.39, 0.29) is 43.5 Å². The predicted octanol–water partition coefficient (Wildman–Crippen LogP) is 2.68. The summed E-state index contributed by atoms with van der Waals surface area (Å²) >= 11 is 0. The Balaban J connectivity index is 2.02. The first-order valence-electron chi connectivity index (χ1n) is 14.1. The summed E-state index contributed by atoms with van der Waals surface area (Å²) in [5.41, 5.74) is 8.79. The van der Waals surface area contributed by atoms with Gasteiger partial charge >= 0.3 is 0 Å². The zero-order valence-electron chi connectivity index (χ0n) is 25.2. The molecule has 11 nitrogen and oxygen atoms in total. The molecule has 2 aromatic carbocycles. The number of carbonyl (C=O) groups excluding carboxylic acids is 2. The molecular weight excluding hydrogens is 560 g/mol. The lowest BCUT2D eigenvalue weighted by molar-refractivity contribution is -0.149. The predicted molar refractivity (Wildman–Crippen MR) is 159 cm³/mol. The maximum atomic E-state index is 13.9. The van der Waals surface area contributed by atoms with Crippen LogP contribution in [0.1, 0.15) is 53.5 Å². The number of aliphatic hydroxyl groups is 1. The molecule has 12 heteroatoms. The minimum Gasteiger partial charge on any atom is -0.454 e. The van der Waals surface area contributed by atoms with Crippen LogP contribution >= 0.6 is 0 Å². The van der Waals surface area contributed by atoms with Gasteiger partial charge in [0, 0.05) is 25.6 Å². The summed E-state index contributed by atoms with van der Waals surface area (Å²) in [5.74, 6) is -0.337. The maximum absolute atomic E-state index is 13.9. The van der Waals surface area contributed by atoms with Gasteiger partial charge in [0.15, 0.2) is 11.5 Å². The fraction of sp³-hybridized carbons (Fsp3) is 0.533. The lowest BCUT2D eigenvalue weighted by atomic mass is 9.91. The molecule has 2 amide bonds. The number of ether oxygens (including phenoxy) is 2. The Morgan fingerprint density at radius 3 is 2.26 bits per heavy atom.